The number of hydrogen-bond donors (Lipinski definition) is 0. The van der Waals surface area contributed by atoms with Gasteiger partial charge in [0, 0.05) is 0 Å². The molecule has 2 atom stereocenters. The van der Waals surface area contributed by atoms with Crippen LogP contribution in [0.15, 0.2) is 48.5 Å². The van der Waals surface area contributed by atoms with Crippen LogP contribution >= 0.6 is 0 Å². The Morgan fingerprint density at radius 3 is 0.826 bits per heavy atom. The molecule has 0 spiro atoms. The summed E-state index contributed by atoms with van der Waals surface area (Å²) in [6.45, 7) is 7.80. The first-order chi connectivity index (χ1) is 32.6. The van der Waals surface area contributed by atoms with Gasteiger partial charge in [0.2, 0.25) is 0 Å². The van der Waals surface area contributed by atoms with Crippen LogP contribution in [0.1, 0.15) is 249 Å². The monoisotopic (exact) mass is 1030 g/mol. The van der Waals surface area contributed by atoms with Crippen molar-refractivity contribution in [1.29, 1.82) is 0 Å². The molecule has 0 saturated carbocycles. The average Bonchev–Trinajstić information content (AvgIpc) is 3.31. The van der Waals surface area contributed by atoms with Gasteiger partial charge in [-0.1, -0.05) is 206 Å². The standard InChI is InChI=1S/2C26H42O7S.Ca/c2*1-3-5-6-7-8-9-10-11-12-13-14-15-18-21-32-25(27)22-19-16-17-20-23(22)26(28)33-24(4-2)34(29,30)31;/h2*16-17,19-20,24H,3-15,18,21H2,1-2H3,(H,29,30,31);/q;;+2/p-2. The molecule has 2 rings (SSSR count). The third-order valence-electron chi connectivity index (χ3n) is 11.5. The van der Waals surface area contributed by atoms with Crippen molar-refractivity contribution in [2.75, 3.05) is 13.2 Å². The Morgan fingerprint density at radius 1 is 0.391 bits per heavy atom. The predicted molar refractivity (Wildman–Crippen MR) is 269 cm³/mol. The van der Waals surface area contributed by atoms with Gasteiger partial charge in [-0.25, -0.2) is 36.0 Å². The molecule has 0 aliphatic heterocycles. The number of carbonyl (C=O) groups excluding carboxylic acids is 4. The van der Waals surface area contributed by atoms with Crippen LogP contribution in [0.5, 0.6) is 0 Å². The van der Waals surface area contributed by atoms with E-state index in [0.29, 0.717) is 0 Å². The number of unbranched alkanes of at least 4 members (excludes halogenated alkanes) is 24. The minimum atomic E-state index is -4.80. The summed E-state index contributed by atoms with van der Waals surface area (Å²) in [6.07, 6.45) is 31.4. The second-order valence-electron chi connectivity index (χ2n) is 17.3. The predicted octanol–water partition coefficient (Wildman–Crippen LogP) is 12.4. The Labute approximate surface area is 445 Å². The zero-order chi connectivity index (χ0) is 50.5. The van der Waals surface area contributed by atoms with E-state index in [4.69, 9.17) is 18.9 Å². The third-order valence-corrected chi connectivity index (χ3v) is 13.6. The van der Waals surface area contributed by atoms with Gasteiger partial charge in [-0.3, -0.25) is 0 Å². The van der Waals surface area contributed by atoms with Crippen molar-refractivity contribution in [3.05, 3.63) is 70.8 Å². The number of carbonyl (C=O) groups is 4. The zero-order valence-electron chi connectivity index (χ0n) is 42.2. The number of ether oxygens (including phenoxy) is 4. The van der Waals surface area contributed by atoms with E-state index in [2.05, 4.69) is 13.8 Å². The number of benzene rings is 2. The molecule has 2 unspecified atom stereocenters. The van der Waals surface area contributed by atoms with Crippen molar-refractivity contribution in [3.63, 3.8) is 0 Å². The maximum Gasteiger partial charge on any atom is 2.00 e. The molecule has 0 saturated heterocycles. The largest absolute Gasteiger partial charge is 2.00 e. The number of esters is 4. The molecule has 2 aromatic carbocycles. The van der Waals surface area contributed by atoms with E-state index < -0.39 is 55.0 Å². The van der Waals surface area contributed by atoms with Gasteiger partial charge in [0.1, 0.15) is 20.2 Å². The molecule has 0 aromatic heterocycles. The van der Waals surface area contributed by atoms with Crippen LogP contribution < -0.4 is 0 Å². The van der Waals surface area contributed by atoms with E-state index in [0.717, 1.165) is 38.5 Å². The molecule has 0 N–H and O–H groups in total. The van der Waals surface area contributed by atoms with E-state index in [1.165, 1.54) is 179 Å². The van der Waals surface area contributed by atoms with Gasteiger partial charge in [-0.15, -0.1) is 0 Å². The van der Waals surface area contributed by atoms with Crippen molar-refractivity contribution in [3.8, 4) is 0 Å². The molecular weight excluding hydrogens is 953 g/mol. The summed E-state index contributed by atoms with van der Waals surface area (Å²) in [5.74, 6) is -3.44. The van der Waals surface area contributed by atoms with E-state index in [1.54, 1.807) is 12.1 Å². The summed E-state index contributed by atoms with van der Waals surface area (Å²) in [6, 6.07) is 11.7. The topological polar surface area (TPSA) is 220 Å². The van der Waals surface area contributed by atoms with E-state index in [1.807, 2.05) is 0 Å². The molecule has 17 heteroatoms. The Hall–Kier alpha value is -2.60. The van der Waals surface area contributed by atoms with Crippen LogP contribution in [0.4, 0.5) is 0 Å². The van der Waals surface area contributed by atoms with Gasteiger partial charge < -0.3 is 28.1 Å². The maximum atomic E-state index is 12.4. The van der Waals surface area contributed by atoms with Crippen LogP contribution in [0.25, 0.3) is 0 Å². The third kappa shape index (κ3) is 31.5. The van der Waals surface area contributed by atoms with Gasteiger partial charge in [0.25, 0.3) is 0 Å². The molecule has 0 fully saturated rings. The van der Waals surface area contributed by atoms with Crippen LogP contribution in [-0.4, -0.2) is 112 Å². The van der Waals surface area contributed by atoms with E-state index in [-0.39, 0.29) is 86.0 Å². The summed E-state index contributed by atoms with van der Waals surface area (Å²) < 4.78 is 87.3. The first-order valence-electron chi connectivity index (χ1n) is 25.5. The van der Waals surface area contributed by atoms with Crippen LogP contribution in [0.2, 0.25) is 0 Å². The minimum Gasteiger partial charge on any atom is -0.745 e. The van der Waals surface area contributed by atoms with E-state index >= 15 is 0 Å². The van der Waals surface area contributed by atoms with Gasteiger partial charge in [0.05, 0.1) is 35.5 Å². The van der Waals surface area contributed by atoms with Crippen LogP contribution in [0.3, 0.4) is 0 Å². The van der Waals surface area contributed by atoms with Crippen molar-refractivity contribution >= 4 is 81.9 Å². The number of hydrogen-bond acceptors (Lipinski definition) is 14. The van der Waals surface area contributed by atoms with Gasteiger partial charge >= 0.3 is 61.6 Å². The molecule has 0 bridgehead atoms. The summed E-state index contributed by atoms with van der Waals surface area (Å²) >= 11 is 0. The van der Waals surface area contributed by atoms with Crippen molar-refractivity contribution < 1.29 is 64.1 Å². The molecule has 2 aromatic rings. The SMILES string of the molecule is CCCCCCCCCCCCCCCOC(=O)c1ccccc1C(=O)OC(CC)S(=O)(=O)[O-].CCCCCCCCCCCCCCCOC(=O)c1ccccc1C(=O)OC(CC)S(=O)(=O)[O-].[Ca+2]. The average molecular weight is 1040 g/mol. The Bertz CT molecular complexity index is 1790. The van der Waals surface area contributed by atoms with Crippen molar-refractivity contribution in [2.24, 2.45) is 0 Å². The number of rotatable bonds is 38. The van der Waals surface area contributed by atoms with E-state index in [9.17, 15) is 45.1 Å². The summed E-state index contributed by atoms with van der Waals surface area (Å²) in [4.78, 5) is 49.6. The van der Waals surface area contributed by atoms with Crippen molar-refractivity contribution in [2.45, 2.75) is 218 Å². The van der Waals surface area contributed by atoms with Crippen LogP contribution in [-0.2, 0) is 39.2 Å². The normalized spacial score (nSPS) is 12.1. The smallest absolute Gasteiger partial charge is 0.745 e. The quantitative estimate of drug-likeness (QED) is 0.0201. The van der Waals surface area contributed by atoms with Gasteiger partial charge in [-0.05, 0) is 49.9 Å². The maximum absolute atomic E-state index is 12.4. The first-order valence-corrected chi connectivity index (χ1v) is 28.4. The zero-order valence-corrected chi connectivity index (χ0v) is 46.1. The summed E-state index contributed by atoms with van der Waals surface area (Å²) in [5.41, 5.74) is -3.87. The molecule has 0 aliphatic carbocycles. The molecule has 14 nitrogen and oxygen atoms in total. The van der Waals surface area contributed by atoms with Crippen molar-refractivity contribution in [1.82, 2.24) is 0 Å². The Morgan fingerprint density at radius 2 is 0.609 bits per heavy atom. The second-order valence-corrected chi connectivity index (χ2v) is 20.3. The minimum absolute atomic E-state index is 0. The molecule has 388 valence electrons. The molecule has 0 amide bonds. The summed E-state index contributed by atoms with van der Waals surface area (Å²) in [5, 5.41) is 0. The molecule has 69 heavy (non-hydrogen) atoms. The van der Waals surface area contributed by atoms with Crippen LogP contribution in [0, 0.1) is 0 Å². The van der Waals surface area contributed by atoms with Gasteiger partial charge in [-0.2, -0.15) is 0 Å². The Kier molecular flexibility index (Phi) is 39.4. The molecule has 0 heterocycles. The molecule has 0 aliphatic rings. The Balaban J connectivity index is 0.00000132. The molecular formula is C52H82CaO14S2. The fourth-order valence-corrected chi connectivity index (χ4v) is 8.69. The molecule has 0 radical (unpaired) electrons. The summed E-state index contributed by atoms with van der Waals surface area (Å²) in [7, 11) is -9.59. The fraction of sp³-hybridized carbons (Fsp3) is 0.692. The van der Waals surface area contributed by atoms with Gasteiger partial charge in [0.15, 0.2) is 10.9 Å². The second kappa shape index (κ2) is 40.9. The first kappa shape index (κ1) is 66.4. The fourth-order valence-electron chi connectivity index (χ4n) is 7.46.